The molecule has 202 valence electrons. The minimum atomic E-state index is -4.81. The van der Waals surface area contributed by atoms with Crippen molar-refractivity contribution >= 4 is 0 Å². The Balaban J connectivity index is 1.50. The van der Waals surface area contributed by atoms with Crippen molar-refractivity contribution in [3.05, 3.63) is 71.2 Å². The highest BCUT2D eigenvalue weighted by molar-refractivity contribution is 5.37. The van der Waals surface area contributed by atoms with Crippen LogP contribution in [0.2, 0.25) is 0 Å². The van der Waals surface area contributed by atoms with Gasteiger partial charge in [0.1, 0.15) is 11.6 Å². The second-order valence-electron chi connectivity index (χ2n) is 8.66. The molecule has 0 saturated carbocycles. The molecule has 3 heterocycles. The Morgan fingerprint density at radius 1 is 0.892 bits per heavy atom. The molecule has 3 fully saturated rings. The smallest absolute Gasteiger partial charge is 0.429 e. The maximum Gasteiger partial charge on any atom is 0.429 e. The first kappa shape index (κ1) is 27.1. The van der Waals surface area contributed by atoms with Crippen LogP contribution in [-0.2, 0) is 26.3 Å². The van der Waals surface area contributed by atoms with Crippen molar-refractivity contribution in [3.63, 3.8) is 0 Å². The first-order valence-corrected chi connectivity index (χ1v) is 11.0. The zero-order chi connectivity index (χ0) is 27.1. The first-order valence-electron chi connectivity index (χ1n) is 11.0. The molecule has 0 unspecified atom stereocenters. The van der Waals surface area contributed by atoms with E-state index in [1.807, 2.05) is 6.92 Å². The van der Waals surface area contributed by atoms with Crippen molar-refractivity contribution in [2.24, 2.45) is 5.41 Å². The molecule has 0 aromatic heterocycles. The van der Waals surface area contributed by atoms with Gasteiger partial charge in [-0.05, 0) is 18.6 Å². The van der Waals surface area contributed by atoms with Gasteiger partial charge < -0.3 is 23.7 Å². The second kappa shape index (κ2) is 9.76. The zero-order valence-corrected chi connectivity index (χ0v) is 19.1. The van der Waals surface area contributed by atoms with Gasteiger partial charge in [-0.15, -0.1) is 0 Å². The van der Waals surface area contributed by atoms with E-state index < -0.39 is 58.8 Å². The van der Waals surface area contributed by atoms with E-state index in [0.29, 0.717) is 6.07 Å². The molecular formula is C24H20F8O5. The Hall–Kier alpha value is -2.90. The van der Waals surface area contributed by atoms with Gasteiger partial charge in [0.15, 0.2) is 17.4 Å². The summed E-state index contributed by atoms with van der Waals surface area (Å²) in [5.41, 5.74) is -1.62. The third-order valence-corrected chi connectivity index (χ3v) is 5.78. The highest BCUT2D eigenvalue weighted by Gasteiger charge is 2.53. The van der Waals surface area contributed by atoms with Crippen molar-refractivity contribution in [2.45, 2.75) is 38.0 Å². The van der Waals surface area contributed by atoms with E-state index in [4.69, 9.17) is 14.2 Å². The molecule has 0 radical (unpaired) electrons. The summed E-state index contributed by atoms with van der Waals surface area (Å²) in [6.45, 7) is 2.80. The average Bonchev–Trinajstić information content (AvgIpc) is 2.81. The number of alkyl halides is 5. The van der Waals surface area contributed by atoms with E-state index in [1.165, 1.54) is 0 Å². The molecule has 5 rings (SSSR count). The minimum Gasteiger partial charge on any atom is -0.459 e. The lowest BCUT2D eigenvalue weighted by Gasteiger charge is -2.51. The number of rotatable bonds is 8. The molecule has 0 N–H and O–H groups in total. The SMILES string of the molecule is CCCC12COC(c3ccc(C(F)(F)Oc4cc(F)c(OC=CC(F)(F)F)c(F)c4)c(F)c3)(OC1)OC2. The van der Waals surface area contributed by atoms with Crippen LogP contribution in [0.15, 0.2) is 42.7 Å². The molecule has 2 aromatic rings. The fourth-order valence-corrected chi connectivity index (χ4v) is 4.02. The normalized spacial score (nSPS) is 24.0. The molecule has 2 bridgehead atoms. The highest BCUT2D eigenvalue weighted by Crippen LogP contribution is 2.47. The summed E-state index contributed by atoms with van der Waals surface area (Å²) >= 11 is 0. The molecule has 0 atom stereocenters. The van der Waals surface area contributed by atoms with Crippen LogP contribution in [-0.4, -0.2) is 26.0 Å². The number of hydrogen-bond acceptors (Lipinski definition) is 5. The number of allylic oxidation sites excluding steroid dienone is 1. The van der Waals surface area contributed by atoms with Crippen molar-refractivity contribution in [2.75, 3.05) is 19.8 Å². The predicted octanol–water partition coefficient (Wildman–Crippen LogP) is 6.66. The van der Waals surface area contributed by atoms with Gasteiger partial charge in [-0.25, -0.2) is 13.2 Å². The van der Waals surface area contributed by atoms with Gasteiger partial charge in [0, 0.05) is 23.1 Å². The molecule has 0 aliphatic carbocycles. The number of halogens is 8. The molecule has 13 heteroatoms. The van der Waals surface area contributed by atoms with Crippen molar-refractivity contribution in [1.82, 2.24) is 0 Å². The van der Waals surface area contributed by atoms with Crippen LogP contribution >= 0.6 is 0 Å². The van der Waals surface area contributed by atoms with Crippen LogP contribution in [0.5, 0.6) is 11.5 Å². The number of benzene rings is 2. The molecule has 3 aliphatic heterocycles. The zero-order valence-electron chi connectivity index (χ0n) is 19.1. The van der Waals surface area contributed by atoms with Crippen molar-refractivity contribution in [1.29, 1.82) is 0 Å². The third-order valence-electron chi connectivity index (χ3n) is 5.78. The van der Waals surface area contributed by atoms with E-state index >= 15 is 0 Å². The molecule has 5 nitrogen and oxygen atoms in total. The standard InChI is InChI=1S/C24H20F8O5/c1-2-5-21-11-34-24(35-12-21,36-13-21)14-3-4-16(17(25)8-14)23(31,32)37-15-9-18(26)20(19(27)10-15)33-7-6-22(28,29)30/h3-4,6-10H,2,5,11-13H2,1H3. The largest absolute Gasteiger partial charge is 0.459 e. The lowest BCUT2D eigenvalue weighted by Crippen LogP contribution is -2.58. The Labute approximate surface area is 205 Å². The Morgan fingerprint density at radius 2 is 1.49 bits per heavy atom. The van der Waals surface area contributed by atoms with Crippen molar-refractivity contribution < 1.29 is 58.8 Å². The fourth-order valence-electron chi connectivity index (χ4n) is 4.02. The highest BCUT2D eigenvalue weighted by atomic mass is 19.4. The summed E-state index contributed by atoms with van der Waals surface area (Å²) in [4.78, 5) is 0. The number of hydrogen-bond donors (Lipinski definition) is 0. The van der Waals surface area contributed by atoms with Crippen LogP contribution in [0.25, 0.3) is 0 Å². The minimum absolute atomic E-state index is 0.0140. The van der Waals surface area contributed by atoms with E-state index in [0.717, 1.165) is 25.0 Å². The maximum atomic E-state index is 14.8. The van der Waals surface area contributed by atoms with Gasteiger partial charge in [0.25, 0.3) is 0 Å². The number of fused-ring (bicyclic) bond motifs is 3. The van der Waals surface area contributed by atoms with Crippen LogP contribution in [0, 0.1) is 22.9 Å². The monoisotopic (exact) mass is 540 g/mol. The van der Waals surface area contributed by atoms with Crippen LogP contribution in [0.4, 0.5) is 35.1 Å². The fraction of sp³-hybridized carbons (Fsp3) is 0.417. The Kier molecular flexibility index (Phi) is 7.16. The molecule has 0 spiro atoms. The lowest BCUT2D eigenvalue weighted by atomic mass is 9.83. The van der Waals surface area contributed by atoms with Gasteiger partial charge in [0.2, 0.25) is 0 Å². The van der Waals surface area contributed by atoms with Crippen LogP contribution < -0.4 is 9.47 Å². The predicted molar refractivity (Wildman–Crippen MR) is 110 cm³/mol. The van der Waals surface area contributed by atoms with Crippen LogP contribution in [0.3, 0.4) is 0 Å². The lowest BCUT2D eigenvalue weighted by molar-refractivity contribution is -0.480. The molecule has 3 saturated heterocycles. The average molecular weight is 540 g/mol. The molecule has 3 aliphatic rings. The second-order valence-corrected chi connectivity index (χ2v) is 8.66. The molecule has 0 amide bonds. The molecular weight excluding hydrogens is 520 g/mol. The summed E-state index contributed by atoms with van der Waals surface area (Å²) < 4.78 is 134. The molecule has 37 heavy (non-hydrogen) atoms. The van der Waals surface area contributed by atoms with E-state index in [-0.39, 0.29) is 49.2 Å². The Bertz CT molecular complexity index is 1130. The maximum absolute atomic E-state index is 14.8. The first-order chi connectivity index (χ1) is 17.3. The summed E-state index contributed by atoms with van der Waals surface area (Å²) in [5, 5.41) is 0. The van der Waals surface area contributed by atoms with Gasteiger partial charge in [-0.3, -0.25) is 0 Å². The van der Waals surface area contributed by atoms with E-state index in [9.17, 15) is 35.1 Å². The van der Waals surface area contributed by atoms with E-state index in [1.54, 1.807) is 0 Å². The summed E-state index contributed by atoms with van der Waals surface area (Å²) in [6, 6.07) is 2.99. The van der Waals surface area contributed by atoms with Gasteiger partial charge in [-0.1, -0.05) is 19.4 Å². The number of ether oxygens (including phenoxy) is 5. The summed E-state index contributed by atoms with van der Waals surface area (Å²) in [5.74, 6) is -8.82. The summed E-state index contributed by atoms with van der Waals surface area (Å²) in [7, 11) is 0. The van der Waals surface area contributed by atoms with Crippen molar-refractivity contribution in [3.8, 4) is 11.5 Å². The van der Waals surface area contributed by atoms with Gasteiger partial charge >= 0.3 is 18.3 Å². The topological polar surface area (TPSA) is 46.2 Å². The van der Waals surface area contributed by atoms with Gasteiger partial charge in [0.05, 0.1) is 37.7 Å². The van der Waals surface area contributed by atoms with Crippen LogP contribution in [0.1, 0.15) is 30.9 Å². The van der Waals surface area contributed by atoms with E-state index in [2.05, 4.69) is 9.47 Å². The quantitative estimate of drug-likeness (QED) is 0.277. The third kappa shape index (κ3) is 5.68. The van der Waals surface area contributed by atoms with Gasteiger partial charge in [-0.2, -0.15) is 22.0 Å². The summed E-state index contributed by atoms with van der Waals surface area (Å²) in [6.07, 6.45) is -8.03. The Morgan fingerprint density at radius 3 is 2.00 bits per heavy atom. The molecule has 2 aromatic carbocycles.